The first-order valence-electron chi connectivity index (χ1n) is 5.08. The van der Waals surface area contributed by atoms with Crippen LogP contribution in [0.4, 0.5) is 10.1 Å². The summed E-state index contributed by atoms with van der Waals surface area (Å²) >= 11 is 5.04. The summed E-state index contributed by atoms with van der Waals surface area (Å²) in [5, 5.41) is 0. The summed E-state index contributed by atoms with van der Waals surface area (Å²) in [7, 11) is 0. The smallest absolute Gasteiger partial charge is 0.124 e. The van der Waals surface area contributed by atoms with Gasteiger partial charge in [0.25, 0.3) is 0 Å². The van der Waals surface area contributed by atoms with E-state index in [1.54, 1.807) is 17.8 Å². The average molecular weight is 312 g/mol. The largest absolute Gasteiger partial charge is 0.398 e. The lowest BCUT2D eigenvalue weighted by molar-refractivity contribution is 0.624. The summed E-state index contributed by atoms with van der Waals surface area (Å²) in [6, 6.07) is 12.4. The molecule has 0 aliphatic heterocycles. The van der Waals surface area contributed by atoms with Gasteiger partial charge in [0.2, 0.25) is 0 Å². The number of nitrogens with two attached hydrogens (primary N) is 1. The third-order valence-corrected chi connectivity index (χ3v) is 4.31. The van der Waals surface area contributed by atoms with E-state index in [9.17, 15) is 4.39 Å². The van der Waals surface area contributed by atoms with E-state index >= 15 is 0 Å². The summed E-state index contributed by atoms with van der Waals surface area (Å²) in [6.07, 6.45) is 0. The normalized spacial score (nSPS) is 10.5. The lowest BCUT2D eigenvalue weighted by atomic mass is 10.2. The maximum atomic E-state index is 13.0. The number of rotatable bonds is 3. The zero-order chi connectivity index (χ0) is 12.3. The Balaban J connectivity index is 2.10. The molecule has 0 radical (unpaired) electrons. The summed E-state index contributed by atoms with van der Waals surface area (Å²) < 4.78 is 13.9. The monoisotopic (exact) mass is 311 g/mol. The number of hydrogen-bond acceptors (Lipinski definition) is 2. The van der Waals surface area contributed by atoms with Crippen molar-refractivity contribution in [2.24, 2.45) is 0 Å². The highest BCUT2D eigenvalue weighted by molar-refractivity contribution is 9.10. The predicted octanol–water partition coefficient (Wildman–Crippen LogP) is 4.46. The first-order valence-corrected chi connectivity index (χ1v) is 6.86. The molecule has 2 rings (SSSR count). The van der Waals surface area contributed by atoms with Gasteiger partial charge in [0, 0.05) is 20.8 Å². The van der Waals surface area contributed by atoms with Crippen LogP contribution >= 0.6 is 27.7 Å². The zero-order valence-electron chi connectivity index (χ0n) is 8.99. The summed E-state index contributed by atoms with van der Waals surface area (Å²) in [6.45, 7) is 0. The van der Waals surface area contributed by atoms with Crippen LogP contribution in [0.2, 0.25) is 0 Å². The van der Waals surface area contributed by atoms with Crippen molar-refractivity contribution < 1.29 is 4.39 Å². The first-order chi connectivity index (χ1) is 8.16. The minimum atomic E-state index is -0.207. The highest BCUT2D eigenvalue weighted by atomic mass is 79.9. The molecule has 0 aromatic heterocycles. The number of halogens is 2. The first kappa shape index (κ1) is 12.5. The Kier molecular flexibility index (Phi) is 4.07. The highest BCUT2D eigenvalue weighted by Crippen LogP contribution is 2.30. The second-order valence-electron chi connectivity index (χ2n) is 3.57. The molecule has 2 N–H and O–H groups in total. The molecule has 88 valence electrons. The molecule has 0 heterocycles. The quantitative estimate of drug-likeness (QED) is 0.669. The second-order valence-corrected chi connectivity index (χ2v) is 5.41. The van der Waals surface area contributed by atoms with Crippen LogP contribution in [-0.2, 0) is 5.75 Å². The van der Waals surface area contributed by atoms with Gasteiger partial charge >= 0.3 is 0 Å². The van der Waals surface area contributed by atoms with Crippen LogP contribution in [0.25, 0.3) is 0 Å². The molecular weight excluding hydrogens is 301 g/mol. The van der Waals surface area contributed by atoms with Crippen molar-refractivity contribution in [2.75, 3.05) is 5.73 Å². The van der Waals surface area contributed by atoms with Crippen LogP contribution in [0.5, 0.6) is 0 Å². The maximum absolute atomic E-state index is 13.0. The lowest BCUT2D eigenvalue weighted by Gasteiger charge is -2.06. The molecule has 2 aromatic rings. The van der Waals surface area contributed by atoms with Gasteiger partial charge < -0.3 is 5.73 Å². The molecule has 0 fully saturated rings. The molecule has 0 aliphatic carbocycles. The number of anilines is 1. The van der Waals surface area contributed by atoms with Gasteiger partial charge in [-0.05, 0) is 45.8 Å². The Morgan fingerprint density at radius 1 is 1.18 bits per heavy atom. The van der Waals surface area contributed by atoms with E-state index in [2.05, 4.69) is 15.9 Å². The van der Waals surface area contributed by atoms with Crippen LogP contribution in [0, 0.1) is 5.82 Å². The van der Waals surface area contributed by atoms with Crippen molar-refractivity contribution in [3.8, 4) is 0 Å². The molecule has 2 aromatic carbocycles. The van der Waals surface area contributed by atoms with Crippen molar-refractivity contribution in [1.82, 2.24) is 0 Å². The van der Waals surface area contributed by atoms with Crippen molar-refractivity contribution >= 4 is 33.4 Å². The van der Waals surface area contributed by atoms with Gasteiger partial charge in [0.05, 0.1) is 0 Å². The van der Waals surface area contributed by atoms with Crippen molar-refractivity contribution in [2.45, 2.75) is 10.6 Å². The molecule has 1 nitrogen and oxygen atoms in total. The highest BCUT2D eigenvalue weighted by Gasteiger charge is 2.04. The van der Waals surface area contributed by atoms with Gasteiger partial charge in [-0.3, -0.25) is 0 Å². The van der Waals surface area contributed by atoms with Gasteiger partial charge in [-0.2, -0.15) is 0 Å². The SMILES string of the molecule is Nc1cccc(CSc2cccc(F)c2)c1Br. The lowest BCUT2D eigenvalue weighted by Crippen LogP contribution is -1.90. The Morgan fingerprint density at radius 3 is 2.71 bits per heavy atom. The Labute approximate surface area is 112 Å². The van der Waals surface area contributed by atoms with Crippen LogP contribution in [-0.4, -0.2) is 0 Å². The minimum Gasteiger partial charge on any atom is -0.398 e. The van der Waals surface area contributed by atoms with Gasteiger partial charge in [-0.15, -0.1) is 11.8 Å². The molecule has 0 bridgehead atoms. The molecule has 0 saturated heterocycles. The topological polar surface area (TPSA) is 26.0 Å². The van der Waals surface area contributed by atoms with E-state index in [4.69, 9.17) is 5.73 Å². The van der Waals surface area contributed by atoms with Gasteiger partial charge in [-0.25, -0.2) is 4.39 Å². The van der Waals surface area contributed by atoms with Crippen LogP contribution in [0.3, 0.4) is 0 Å². The second kappa shape index (κ2) is 5.56. The van der Waals surface area contributed by atoms with Crippen LogP contribution in [0.15, 0.2) is 51.8 Å². The van der Waals surface area contributed by atoms with Gasteiger partial charge in [0.15, 0.2) is 0 Å². The molecule has 0 unspecified atom stereocenters. The van der Waals surface area contributed by atoms with Crippen molar-refractivity contribution in [1.29, 1.82) is 0 Å². The zero-order valence-corrected chi connectivity index (χ0v) is 11.4. The Morgan fingerprint density at radius 2 is 1.94 bits per heavy atom. The molecule has 0 aliphatic rings. The van der Waals surface area contributed by atoms with E-state index in [-0.39, 0.29) is 5.82 Å². The van der Waals surface area contributed by atoms with Gasteiger partial charge in [-0.1, -0.05) is 18.2 Å². The molecular formula is C13H11BrFNS. The summed E-state index contributed by atoms with van der Waals surface area (Å²) in [5.74, 6) is 0.552. The van der Waals surface area contributed by atoms with E-state index in [0.29, 0.717) is 0 Å². The maximum Gasteiger partial charge on any atom is 0.124 e. The molecule has 17 heavy (non-hydrogen) atoms. The fourth-order valence-corrected chi connectivity index (χ4v) is 2.95. The molecule has 0 spiro atoms. The van der Waals surface area contributed by atoms with Crippen molar-refractivity contribution in [3.05, 3.63) is 58.3 Å². The summed E-state index contributed by atoms with van der Waals surface area (Å²) in [5.41, 5.74) is 7.63. The average Bonchev–Trinajstić information content (AvgIpc) is 2.31. The van der Waals surface area contributed by atoms with E-state index in [0.717, 1.165) is 26.4 Å². The number of nitrogen functional groups attached to an aromatic ring is 1. The minimum absolute atomic E-state index is 0.207. The van der Waals surface area contributed by atoms with E-state index < -0.39 is 0 Å². The molecule has 0 atom stereocenters. The number of benzene rings is 2. The summed E-state index contributed by atoms with van der Waals surface area (Å²) in [4.78, 5) is 0.916. The Bertz CT molecular complexity index is 531. The van der Waals surface area contributed by atoms with Crippen LogP contribution in [0.1, 0.15) is 5.56 Å². The fraction of sp³-hybridized carbons (Fsp3) is 0.0769. The Hall–Kier alpha value is -1.00. The molecule has 0 amide bonds. The van der Waals surface area contributed by atoms with E-state index in [1.165, 1.54) is 12.1 Å². The molecule has 0 saturated carbocycles. The standard InChI is InChI=1S/C13H11BrFNS/c14-13-9(3-1-6-12(13)16)8-17-11-5-2-4-10(15)7-11/h1-7H,8,16H2. The van der Waals surface area contributed by atoms with Gasteiger partial charge in [0.1, 0.15) is 5.82 Å². The number of thioether (sulfide) groups is 1. The fourth-order valence-electron chi connectivity index (χ4n) is 1.43. The predicted molar refractivity (Wildman–Crippen MR) is 74.5 cm³/mol. The number of hydrogen-bond donors (Lipinski definition) is 1. The van der Waals surface area contributed by atoms with Crippen LogP contribution < -0.4 is 5.73 Å². The third-order valence-electron chi connectivity index (χ3n) is 2.30. The molecule has 4 heteroatoms. The third kappa shape index (κ3) is 3.23. The van der Waals surface area contributed by atoms with Crippen molar-refractivity contribution in [3.63, 3.8) is 0 Å². The van der Waals surface area contributed by atoms with E-state index in [1.807, 2.05) is 24.3 Å².